The van der Waals surface area contributed by atoms with Crippen LogP contribution in [-0.4, -0.2) is 36.4 Å². The summed E-state index contributed by atoms with van der Waals surface area (Å²) in [5.74, 6) is 0.944. The Kier molecular flexibility index (Phi) is 3.48. The maximum Gasteiger partial charge on any atom is 0.0624 e. The molecule has 1 unspecified atom stereocenters. The van der Waals surface area contributed by atoms with Crippen molar-refractivity contribution in [1.82, 2.24) is 10.3 Å². The van der Waals surface area contributed by atoms with E-state index in [0.29, 0.717) is 6.04 Å². The molecule has 96 valence electrons. The highest BCUT2D eigenvalue weighted by atomic mass is 32.1. The summed E-state index contributed by atoms with van der Waals surface area (Å²) in [5, 5.41) is 4.88. The molecule has 3 nitrogen and oxygen atoms in total. The molecule has 0 saturated carbocycles. The molecule has 4 heteroatoms. The molecule has 1 aliphatic heterocycles. The molecule has 0 radical (unpaired) electrons. The summed E-state index contributed by atoms with van der Waals surface area (Å²) in [6, 6.07) is 9.06. The number of para-hydroxylation sites is 1. The maximum absolute atomic E-state index is 4.33. The fourth-order valence-electron chi connectivity index (χ4n) is 2.71. The Hall–Kier alpha value is -1.13. The van der Waals surface area contributed by atoms with Crippen molar-refractivity contribution in [2.45, 2.75) is 12.5 Å². The molecular weight excluding hydrogens is 242 g/mol. The molecule has 2 N–H and O–H groups in total. The molecule has 1 aromatic heterocycles. The van der Waals surface area contributed by atoms with Gasteiger partial charge in [0, 0.05) is 42.8 Å². The molecule has 1 fully saturated rings. The van der Waals surface area contributed by atoms with Gasteiger partial charge < -0.3 is 15.2 Å². The van der Waals surface area contributed by atoms with Crippen molar-refractivity contribution in [3.63, 3.8) is 0 Å². The van der Waals surface area contributed by atoms with E-state index >= 15 is 0 Å². The van der Waals surface area contributed by atoms with Crippen molar-refractivity contribution in [2.24, 2.45) is 0 Å². The SMILES string of the molecule is SCCC1CN(c2c[nH]c3ccccc23)CCN1. The Balaban J connectivity index is 1.85. The topological polar surface area (TPSA) is 31.1 Å². The standard InChI is InChI=1S/C14H19N3S/c18-8-5-11-10-17(7-6-15-11)14-9-16-13-4-2-1-3-12(13)14/h1-4,9,11,15-16,18H,5-8,10H2. The van der Waals surface area contributed by atoms with E-state index in [4.69, 9.17) is 0 Å². The predicted molar refractivity (Wildman–Crippen MR) is 80.8 cm³/mol. The number of aromatic amines is 1. The zero-order valence-corrected chi connectivity index (χ0v) is 11.3. The van der Waals surface area contributed by atoms with Gasteiger partial charge >= 0.3 is 0 Å². The van der Waals surface area contributed by atoms with Crippen molar-refractivity contribution >= 4 is 29.2 Å². The summed E-state index contributed by atoms with van der Waals surface area (Å²) in [6.45, 7) is 3.20. The lowest BCUT2D eigenvalue weighted by Gasteiger charge is -2.34. The minimum absolute atomic E-state index is 0.560. The largest absolute Gasteiger partial charge is 0.367 e. The number of nitrogens with zero attached hydrogens (tertiary/aromatic N) is 1. The molecule has 2 heterocycles. The number of benzene rings is 1. The molecule has 18 heavy (non-hydrogen) atoms. The summed E-state index contributed by atoms with van der Waals surface area (Å²) in [6.07, 6.45) is 3.26. The zero-order chi connectivity index (χ0) is 12.4. The van der Waals surface area contributed by atoms with Crippen molar-refractivity contribution in [3.05, 3.63) is 30.5 Å². The zero-order valence-electron chi connectivity index (χ0n) is 10.4. The first kappa shape index (κ1) is 11.9. The van der Waals surface area contributed by atoms with Crippen LogP contribution < -0.4 is 10.2 Å². The molecule has 1 aliphatic rings. The highest BCUT2D eigenvalue weighted by Crippen LogP contribution is 2.27. The van der Waals surface area contributed by atoms with E-state index in [0.717, 1.165) is 31.8 Å². The third-order valence-corrected chi connectivity index (χ3v) is 3.90. The van der Waals surface area contributed by atoms with E-state index in [1.165, 1.54) is 16.6 Å². The van der Waals surface area contributed by atoms with E-state index in [1.807, 2.05) is 0 Å². The average Bonchev–Trinajstić information content (AvgIpc) is 2.83. The first-order chi connectivity index (χ1) is 8.88. The number of anilines is 1. The fourth-order valence-corrected chi connectivity index (χ4v) is 3.02. The highest BCUT2D eigenvalue weighted by Gasteiger charge is 2.20. The lowest BCUT2D eigenvalue weighted by atomic mass is 10.1. The Morgan fingerprint density at radius 2 is 2.22 bits per heavy atom. The van der Waals surface area contributed by atoms with Crippen molar-refractivity contribution < 1.29 is 0 Å². The van der Waals surface area contributed by atoms with E-state index in [2.05, 4.69) is 58.3 Å². The van der Waals surface area contributed by atoms with Gasteiger partial charge in [-0.1, -0.05) is 18.2 Å². The molecule has 1 atom stereocenters. The average molecular weight is 261 g/mol. The van der Waals surface area contributed by atoms with Crippen LogP contribution in [-0.2, 0) is 0 Å². The number of hydrogen-bond acceptors (Lipinski definition) is 3. The number of aromatic nitrogens is 1. The third-order valence-electron chi connectivity index (χ3n) is 3.64. The van der Waals surface area contributed by atoms with Gasteiger partial charge in [-0.05, 0) is 18.2 Å². The molecule has 0 spiro atoms. The molecule has 0 bridgehead atoms. The number of fused-ring (bicyclic) bond motifs is 1. The van der Waals surface area contributed by atoms with Crippen molar-refractivity contribution in [2.75, 3.05) is 30.3 Å². The van der Waals surface area contributed by atoms with E-state index in [-0.39, 0.29) is 0 Å². The van der Waals surface area contributed by atoms with Gasteiger partial charge in [0.1, 0.15) is 0 Å². The maximum atomic E-state index is 4.33. The van der Waals surface area contributed by atoms with E-state index in [9.17, 15) is 0 Å². The Labute approximate surface area is 113 Å². The number of hydrogen-bond donors (Lipinski definition) is 3. The van der Waals surface area contributed by atoms with E-state index in [1.54, 1.807) is 0 Å². The second-order valence-electron chi connectivity index (χ2n) is 4.83. The van der Waals surface area contributed by atoms with Crippen LogP contribution in [0.5, 0.6) is 0 Å². The number of rotatable bonds is 3. The molecule has 2 aromatic rings. The summed E-state index contributed by atoms with van der Waals surface area (Å²) in [4.78, 5) is 5.83. The first-order valence-electron chi connectivity index (χ1n) is 6.54. The Morgan fingerprint density at radius 1 is 1.33 bits per heavy atom. The smallest absolute Gasteiger partial charge is 0.0624 e. The van der Waals surface area contributed by atoms with Gasteiger partial charge in [-0.25, -0.2) is 0 Å². The predicted octanol–water partition coefficient (Wildman–Crippen LogP) is 2.27. The van der Waals surface area contributed by atoms with Crippen molar-refractivity contribution in [3.8, 4) is 0 Å². The van der Waals surface area contributed by atoms with Gasteiger partial charge in [0.15, 0.2) is 0 Å². The summed E-state index contributed by atoms with van der Waals surface area (Å²) in [5.41, 5.74) is 2.55. The summed E-state index contributed by atoms with van der Waals surface area (Å²) in [7, 11) is 0. The number of thiol groups is 1. The van der Waals surface area contributed by atoms with Gasteiger partial charge in [-0.15, -0.1) is 0 Å². The van der Waals surface area contributed by atoms with Crippen LogP contribution in [0.2, 0.25) is 0 Å². The quantitative estimate of drug-likeness (QED) is 0.740. The van der Waals surface area contributed by atoms with Crippen LogP contribution in [0.15, 0.2) is 30.5 Å². The summed E-state index contributed by atoms with van der Waals surface area (Å²) < 4.78 is 0. The highest BCUT2D eigenvalue weighted by molar-refractivity contribution is 7.80. The number of H-pyrrole nitrogens is 1. The van der Waals surface area contributed by atoms with Crippen LogP contribution in [0, 0.1) is 0 Å². The van der Waals surface area contributed by atoms with Crippen LogP contribution in [0.3, 0.4) is 0 Å². The van der Waals surface area contributed by atoms with Gasteiger partial charge in [0.25, 0.3) is 0 Å². The lowest BCUT2D eigenvalue weighted by Crippen LogP contribution is -2.50. The Bertz CT molecular complexity index is 520. The van der Waals surface area contributed by atoms with Crippen molar-refractivity contribution in [1.29, 1.82) is 0 Å². The lowest BCUT2D eigenvalue weighted by molar-refractivity contribution is 0.450. The van der Waals surface area contributed by atoms with Gasteiger partial charge in [-0.3, -0.25) is 0 Å². The van der Waals surface area contributed by atoms with E-state index < -0.39 is 0 Å². The van der Waals surface area contributed by atoms with Gasteiger partial charge in [0.05, 0.1) is 5.69 Å². The second kappa shape index (κ2) is 5.24. The van der Waals surface area contributed by atoms with Crippen LogP contribution in [0.4, 0.5) is 5.69 Å². The minimum atomic E-state index is 0.560. The summed E-state index contributed by atoms with van der Waals surface area (Å²) >= 11 is 4.33. The Morgan fingerprint density at radius 3 is 3.11 bits per heavy atom. The van der Waals surface area contributed by atoms with Gasteiger partial charge in [0.2, 0.25) is 0 Å². The second-order valence-corrected chi connectivity index (χ2v) is 5.28. The fraction of sp³-hybridized carbons (Fsp3) is 0.429. The molecule has 0 aliphatic carbocycles. The van der Waals surface area contributed by atoms with Gasteiger partial charge in [-0.2, -0.15) is 12.6 Å². The monoisotopic (exact) mass is 261 g/mol. The third kappa shape index (κ3) is 2.22. The molecular formula is C14H19N3S. The molecule has 0 amide bonds. The first-order valence-corrected chi connectivity index (χ1v) is 7.17. The number of piperazine rings is 1. The molecule has 1 aromatic carbocycles. The molecule has 1 saturated heterocycles. The normalized spacial score (nSPS) is 20.5. The van der Waals surface area contributed by atoms with Crippen LogP contribution >= 0.6 is 12.6 Å². The van der Waals surface area contributed by atoms with Crippen LogP contribution in [0.25, 0.3) is 10.9 Å². The molecule has 3 rings (SSSR count). The number of nitrogens with one attached hydrogen (secondary N) is 2. The van der Waals surface area contributed by atoms with Crippen LogP contribution in [0.1, 0.15) is 6.42 Å². The minimum Gasteiger partial charge on any atom is -0.367 e.